The normalized spacial score (nSPS) is 17.1. The van der Waals surface area contributed by atoms with Gasteiger partial charge in [-0.1, -0.05) is 86.5 Å². The van der Waals surface area contributed by atoms with Crippen molar-refractivity contribution in [3.8, 4) is 0 Å². The fraction of sp³-hybridized carbons (Fsp3) is 1.00. The fourth-order valence-corrected chi connectivity index (χ4v) is 2.60. The van der Waals surface area contributed by atoms with Crippen molar-refractivity contribution in [2.24, 2.45) is 23.7 Å². The number of rotatable bonds is 10. The van der Waals surface area contributed by atoms with E-state index >= 15 is 0 Å². The first-order valence-electron chi connectivity index (χ1n) is 7.97. The molecule has 3 unspecified atom stereocenters. The summed E-state index contributed by atoms with van der Waals surface area (Å²) in [6.07, 6.45) is 9.89. The van der Waals surface area contributed by atoms with E-state index in [9.17, 15) is 0 Å². The molecule has 0 aliphatic carbocycles. The smallest absolute Gasteiger partial charge is 0.0417 e. The molecular weight excluding hydrogens is 204 g/mol. The van der Waals surface area contributed by atoms with E-state index in [1.807, 2.05) is 0 Å². The van der Waals surface area contributed by atoms with Crippen LogP contribution in [0.2, 0.25) is 0 Å². The second-order valence-electron chi connectivity index (χ2n) is 6.75. The number of hydrogen-bond acceptors (Lipinski definition) is 0. The highest BCUT2D eigenvalue weighted by molar-refractivity contribution is 4.65. The summed E-state index contributed by atoms with van der Waals surface area (Å²) in [6, 6.07) is 0. The highest BCUT2D eigenvalue weighted by atomic mass is 14.2. The molecule has 0 aromatic rings. The van der Waals surface area contributed by atoms with E-state index in [0.717, 1.165) is 23.7 Å². The molecule has 0 aliphatic heterocycles. The molecule has 0 aliphatic rings. The standard InChI is InChI=1S/C17H36/c1-7-9-15(4)12-13-17(6)16(5)11-8-10-14(2)3/h14-17H,7-13H2,1-6H3. The Morgan fingerprint density at radius 1 is 0.647 bits per heavy atom. The topological polar surface area (TPSA) is 0 Å². The molecule has 0 N–H and O–H groups in total. The van der Waals surface area contributed by atoms with E-state index in [1.165, 1.54) is 44.9 Å². The molecule has 0 bridgehead atoms. The molecule has 0 heteroatoms. The van der Waals surface area contributed by atoms with Crippen molar-refractivity contribution in [3.05, 3.63) is 0 Å². The summed E-state index contributed by atoms with van der Waals surface area (Å²) < 4.78 is 0. The van der Waals surface area contributed by atoms with Gasteiger partial charge >= 0.3 is 0 Å². The summed E-state index contributed by atoms with van der Waals surface area (Å²) >= 11 is 0. The van der Waals surface area contributed by atoms with Crippen LogP contribution in [0.15, 0.2) is 0 Å². The Morgan fingerprint density at radius 2 is 1.24 bits per heavy atom. The minimum Gasteiger partial charge on any atom is -0.0654 e. The molecule has 0 aromatic heterocycles. The fourth-order valence-electron chi connectivity index (χ4n) is 2.60. The van der Waals surface area contributed by atoms with Gasteiger partial charge in [0.15, 0.2) is 0 Å². The first kappa shape index (κ1) is 17.0. The zero-order valence-corrected chi connectivity index (χ0v) is 13.3. The molecule has 0 saturated heterocycles. The minimum absolute atomic E-state index is 0.877. The van der Waals surface area contributed by atoms with E-state index in [4.69, 9.17) is 0 Å². The molecule has 0 amide bonds. The second-order valence-corrected chi connectivity index (χ2v) is 6.75. The molecule has 0 spiro atoms. The predicted octanol–water partition coefficient (Wildman–Crippen LogP) is 6.30. The summed E-state index contributed by atoms with van der Waals surface area (Å²) in [5, 5.41) is 0. The van der Waals surface area contributed by atoms with Gasteiger partial charge in [0, 0.05) is 0 Å². The Balaban J connectivity index is 3.62. The third kappa shape index (κ3) is 9.68. The lowest BCUT2D eigenvalue weighted by Crippen LogP contribution is -2.10. The molecule has 3 atom stereocenters. The van der Waals surface area contributed by atoms with Crippen molar-refractivity contribution < 1.29 is 0 Å². The van der Waals surface area contributed by atoms with Crippen LogP contribution in [0.25, 0.3) is 0 Å². The number of hydrogen-bond donors (Lipinski definition) is 0. The Kier molecular flexibility index (Phi) is 9.97. The minimum atomic E-state index is 0.877. The van der Waals surface area contributed by atoms with Crippen LogP contribution in [-0.2, 0) is 0 Å². The van der Waals surface area contributed by atoms with Gasteiger partial charge in [-0.15, -0.1) is 0 Å². The van der Waals surface area contributed by atoms with E-state index in [1.54, 1.807) is 0 Å². The lowest BCUT2D eigenvalue weighted by Gasteiger charge is -2.22. The Labute approximate surface area is 111 Å². The zero-order chi connectivity index (χ0) is 13.3. The van der Waals surface area contributed by atoms with E-state index in [2.05, 4.69) is 41.5 Å². The molecule has 0 fully saturated rings. The lowest BCUT2D eigenvalue weighted by atomic mass is 9.84. The summed E-state index contributed by atoms with van der Waals surface area (Å²) in [4.78, 5) is 0. The van der Waals surface area contributed by atoms with Crippen molar-refractivity contribution in [2.75, 3.05) is 0 Å². The molecule has 0 saturated carbocycles. The van der Waals surface area contributed by atoms with Gasteiger partial charge in [-0.2, -0.15) is 0 Å². The van der Waals surface area contributed by atoms with Gasteiger partial charge in [-0.3, -0.25) is 0 Å². The molecule has 0 aromatic carbocycles. The van der Waals surface area contributed by atoms with Crippen molar-refractivity contribution in [1.82, 2.24) is 0 Å². The van der Waals surface area contributed by atoms with Crippen molar-refractivity contribution in [1.29, 1.82) is 0 Å². The van der Waals surface area contributed by atoms with Crippen LogP contribution in [-0.4, -0.2) is 0 Å². The molecule has 0 nitrogen and oxygen atoms in total. The highest BCUT2D eigenvalue weighted by Gasteiger charge is 2.13. The summed E-state index contributed by atoms with van der Waals surface area (Å²) in [6.45, 7) is 14.3. The van der Waals surface area contributed by atoms with Crippen molar-refractivity contribution in [3.63, 3.8) is 0 Å². The van der Waals surface area contributed by atoms with Gasteiger partial charge in [0.05, 0.1) is 0 Å². The first-order valence-corrected chi connectivity index (χ1v) is 7.97. The molecular formula is C17H36. The third-order valence-corrected chi connectivity index (χ3v) is 4.31. The Morgan fingerprint density at radius 3 is 1.76 bits per heavy atom. The lowest BCUT2D eigenvalue weighted by molar-refractivity contribution is 0.300. The molecule has 0 rings (SSSR count). The quantitative estimate of drug-likeness (QED) is 0.420. The third-order valence-electron chi connectivity index (χ3n) is 4.31. The van der Waals surface area contributed by atoms with E-state index < -0.39 is 0 Å². The summed E-state index contributed by atoms with van der Waals surface area (Å²) in [7, 11) is 0. The van der Waals surface area contributed by atoms with Crippen LogP contribution in [0.3, 0.4) is 0 Å². The highest BCUT2D eigenvalue weighted by Crippen LogP contribution is 2.25. The monoisotopic (exact) mass is 240 g/mol. The first-order chi connectivity index (χ1) is 7.97. The maximum absolute atomic E-state index is 2.46. The van der Waals surface area contributed by atoms with Crippen LogP contribution >= 0.6 is 0 Å². The van der Waals surface area contributed by atoms with Crippen LogP contribution < -0.4 is 0 Å². The van der Waals surface area contributed by atoms with Gasteiger partial charge in [-0.25, -0.2) is 0 Å². The molecule has 0 heterocycles. The summed E-state index contributed by atoms with van der Waals surface area (Å²) in [5.41, 5.74) is 0. The van der Waals surface area contributed by atoms with Crippen molar-refractivity contribution >= 4 is 0 Å². The summed E-state index contributed by atoms with van der Waals surface area (Å²) in [5.74, 6) is 3.65. The van der Waals surface area contributed by atoms with E-state index in [0.29, 0.717) is 0 Å². The van der Waals surface area contributed by atoms with Crippen LogP contribution in [0.4, 0.5) is 0 Å². The van der Waals surface area contributed by atoms with Gasteiger partial charge in [-0.05, 0) is 23.7 Å². The molecule has 0 radical (unpaired) electrons. The van der Waals surface area contributed by atoms with Crippen molar-refractivity contribution in [2.45, 2.75) is 86.5 Å². The van der Waals surface area contributed by atoms with Crippen LogP contribution in [0.5, 0.6) is 0 Å². The zero-order valence-electron chi connectivity index (χ0n) is 13.3. The molecule has 17 heavy (non-hydrogen) atoms. The van der Waals surface area contributed by atoms with Gasteiger partial charge < -0.3 is 0 Å². The van der Waals surface area contributed by atoms with E-state index in [-0.39, 0.29) is 0 Å². The van der Waals surface area contributed by atoms with Crippen LogP contribution in [0, 0.1) is 23.7 Å². The Hall–Kier alpha value is 0. The molecule has 104 valence electrons. The maximum atomic E-state index is 2.46. The Bertz CT molecular complexity index is 159. The van der Waals surface area contributed by atoms with Gasteiger partial charge in [0.25, 0.3) is 0 Å². The average molecular weight is 240 g/mol. The maximum Gasteiger partial charge on any atom is -0.0417 e. The predicted molar refractivity (Wildman–Crippen MR) is 80.3 cm³/mol. The largest absolute Gasteiger partial charge is 0.0654 e. The SMILES string of the molecule is CCCC(C)CCC(C)C(C)CCCC(C)C. The van der Waals surface area contributed by atoms with Crippen LogP contribution in [0.1, 0.15) is 86.5 Å². The van der Waals surface area contributed by atoms with Gasteiger partial charge in [0.1, 0.15) is 0 Å². The second kappa shape index (κ2) is 9.97. The van der Waals surface area contributed by atoms with Gasteiger partial charge in [0.2, 0.25) is 0 Å². The average Bonchev–Trinajstić information content (AvgIpc) is 2.25.